The van der Waals surface area contributed by atoms with Gasteiger partial charge < -0.3 is 4.74 Å². The summed E-state index contributed by atoms with van der Waals surface area (Å²) >= 11 is 0.704. The Hall–Kier alpha value is -2.25. The smallest absolute Gasteiger partial charge is 0.339 e. The van der Waals surface area contributed by atoms with Crippen LogP contribution in [-0.2, 0) is 31.2 Å². The standard InChI is InChI=1S/C17H22N4O7S2/c1-7-8(10(22)17(2,3)4)21-13(25)9(28-6)14(21)30(26,27)15(7)29-16-18-11(23)12(24)19-20(16)5/h9,14-15H,1-6H3,(H,19,24)/t9-,14+,15?/m0/s1. The lowest BCUT2D eigenvalue weighted by Crippen LogP contribution is -2.71. The summed E-state index contributed by atoms with van der Waals surface area (Å²) in [7, 11) is -1.44. The number of hydrogen-bond donors (Lipinski definition) is 1. The number of β-lactam (4-membered cyclic amide) rings is 1. The molecule has 3 atom stereocenters. The van der Waals surface area contributed by atoms with Crippen molar-refractivity contribution in [3.8, 4) is 0 Å². The van der Waals surface area contributed by atoms with Crippen LogP contribution in [-0.4, -0.2) is 62.9 Å². The Morgan fingerprint density at radius 3 is 2.37 bits per heavy atom. The minimum absolute atomic E-state index is 0.00699. The molecule has 1 fully saturated rings. The third kappa shape index (κ3) is 3.24. The quantitative estimate of drug-likeness (QED) is 0.460. The summed E-state index contributed by atoms with van der Waals surface area (Å²) in [6, 6.07) is 0. The molecule has 2 aliphatic rings. The van der Waals surface area contributed by atoms with Crippen molar-refractivity contribution in [3.63, 3.8) is 0 Å². The van der Waals surface area contributed by atoms with Crippen molar-refractivity contribution in [2.75, 3.05) is 7.11 Å². The molecular formula is C17H22N4O7S2. The van der Waals surface area contributed by atoms with Crippen LogP contribution in [0, 0.1) is 5.41 Å². The summed E-state index contributed by atoms with van der Waals surface area (Å²) in [5, 5.41) is 0.840. The number of fused-ring (bicyclic) bond motifs is 1. The van der Waals surface area contributed by atoms with E-state index in [-0.39, 0.29) is 16.4 Å². The van der Waals surface area contributed by atoms with E-state index in [1.165, 1.54) is 21.1 Å². The number of nitrogens with zero attached hydrogens (tertiary/aromatic N) is 3. The van der Waals surface area contributed by atoms with Gasteiger partial charge in [0.25, 0.3) is 5.91 Å². The number of nitrogens with one attached hydrogen (secondary N) is 1. The number of thioether (sulfide) groups is 1. The molecule has 11 nitrogen and oxygen atoms in total. The maximum atomic E-state index is 13.4. The number of aryl methyl sites for hydroxylation is 1. The SMILES string of the molecule is CO[C@H]1C(=O)N2C(C(=O)C(C)(C)C)=C(C)C(Sc3nc(=O)c(=O)[nH]n3C)S(=O)(=O)[C@H]12. The first-order valence-corrected chi connectivity index (χ1v) is 11.4. The lowest BCUT2D eigenvalue weighted by atomic mass is 9.86. The van der Waals surface area contributed by atoms with Crippen LogP contribution in [0.2, 0.25) is 0 Å². The molecule has 1 unspecified atom stereocenters. The molecule has 3 rings (SSSR count). The summed E-state index contributed by atoms with van der Waals surface area (Å²) < 4.78 is 31.6. The number of ketones is 1. The van der Waals surface area contributed by atoms with Crippen LogP contribution in [0.15, 0.2) is 26.0 Å². The molecule has 1 N–H and O–H groups in total. The summed E-state index contributed by atoms with van der Waals surface area (Å²) in [6.07, 6.45) is -1.23. The van der Waals surface area contributed by atoms with E-state index in [2.05, 4.69) is 10.1 Å². The number of carbonyl (C=O) groups excluding carboxylic acids is 2. The Morgan fingerprint density at radius 2 is 1.83 bits per heavy atom. The van der Waals surface area contributed by atoms with Crippen LogP contribution in [0.3, 0.4) is 0 Å². The summed E-state index contributed by atoms with van der Waals surface area (Å²) in [6.45, 7) is 6.46. The number of Topliss-reactive ketones (excluding diaryl/α,β-unsaturated/α-hetero) is 1. The fraction of sp³-hybridized carbons (Fsp3) is 0.588. The second kappa shape index (κ2) is 7.17. The lowest BCUT2D eigenvalue weighted by molar-refractivity contribution is -0.161. The third-order valence-electron chi connectivity index (χ3n) is 4.91. The Balaban J connectivity index is 2.21. The summed E-state index contributed by atoms with van der Waals surface area (Å²) in [5.41, 5.74) is -2.72. The van der Waals surface area contributed by atoms with E-state index in [0.29, 0.717) is 11.8 Å². The van der Waals surface area contributed by atoms with Crippen molar-refractivity contribution >= 4 is 33.3 Å². The maximum absolute atomic E-state index is 13.4. The molecule has 1 aromatic heterocycles. The molecule has 3 heterocycles. The zero-order valence-corrected chi connectivity index (χ0v) is 18.9. The van der Waals surface area contributed by atoms with E-state index >= 15 is 0 Å². The molecule has 0 radical (unpaired) electrons. The lowest BCUT2D eigenvalue weighted by Gasteiger charge is -2.51. The summed E-state index contributed by atoms with van der Waals surface area (Å²) in [5.74, 6) is -0.993. The van der Waals surface area contributed by atoms with Gasteiger partial charge in [0.15, 0.2) is 32.3 Å². The van der Waals surface area contributed by atoms with Gasteiger partial charge in [-0.15, -0.1) is 0 Å². The van der Waals surface area contributed by atoms with Crippen molar-refractivity contribution in [1.82, 2.24) is 19.7 Å². The molecule has 30 heavy (non-hydrogen) atoms. The van der Waals surface area contributed by atoms with Crippen LogP contribution in [0.4, 0.5) is 0 Å². The van der Waals surface area contributed by atoms with Crippen molar-refractivity contribution < 1.29 is 22.7 Å². The first kappa shape index (κ1) is 22.4. The van der Waals surface area contributed by atoms with E-state index in [4.69, 9.17) is 4.74 Å². The fourth-order valence-electron chi connectivity index (χ4n) is 3.35. The molecule has 1 saturated heterocycles. The number of aromatic amines is 1. The van der Waals surface area contributed by atoms with Gasteiger partial charge in [0.05, 0.1) is 5.70 Å². The second-order valence-corrected chi connectivity index (χ2v) is 11.6. The van der Waals surface area contributed by atoms with Crippen molar-refractivity contribution in [3.05, 3.63) is 32.0 Å². The number of rotatable bonds is 4. The highest BCUT2D eigenvalue weighted by molar-refractivity contribution is 8.14. The highest BCUT2D eigenvalue weighted by atomic mass is 32.3. The van der Waals surface area contributed by atoms with Gasteiger partial charge in [-0.05, 0) is 12.5 Å². The molecular weight excluding hydrogens is 436 g/mol. The number of aromatic nitrogens is 3. The first-order chi connectivity index (χ1) is 13.7. The first-order valence-electron chi connectivity index (χ1n) is 8.91. The van der Waals surface area contributed by atoms with E-state index in [1.54, 1.807) is 20.8 Å². The molecule has 0 aromatic carbocycles. The molecule has 0 spiro atoms. The van der Waals surface area contributed by atoms with E-state index in [0.717, 1.165) is 9.58 Å². The molecule has 1 aromatic rings. The van der Waals surface area contributed by atoms with Gasteiger partial charge in [-0.3, -0.25) is 33.9 Å². The van der Waals surface area contributed by atoms with Crippen LogP contribution in [0.5, 0.6) is 0 Å². The molecule has 0 saturated carbocycles. The minimum Gasteiger partial charge on any atom is -0.368 e. The molecule has 0 aliphatic carbocycles. The Kier molecular flexibility index (Phi) is 5.36. The van der Waals surface area contributed by atoms with Crippen LogP contribution in [0.1, 0.15) is 27.7 Å². The monoisotopic (exact) mass is 458 g/mol. The van der Waals surface area contributed by atoms with Crippen molar-refractivity contribution in [2.24, 2.45) is 12.5 Å². The number of H-pyrrole nitrogens is 1. The average molecular weight is 459 g/mol. The average Bonchev–Trinajstić information content (AvgIpc) is 2.62. The molecule has 2 aliphatic heterocycles. The molecule has 1 amide bonds. The van der Waals surface area contributed by atoms with Gasteiger partial charge >= 0.3 is 11.1 Å². The van der Waals surface area contributed by atoms with Gasteiger partial charge in [0.2, 0.25) is 0 Å². The molecule has 164 valence electrons. The fourth-order valence-corrected chi connectivity index (χ4v) is 7.24. The zero-order chi connectivity index (χ0) is 22.8. The highest BCUT2D eigenvalue weighted by Crippen LogP contribution is 2.47. The Labute approximate surface area is 176 Å². The maximum Gasteiger partial charge on any atom is 0.339 e. The number of hydrogen-bond acceptors (Lipinski definition) is 9. The third-order valence-corrected chi connectivity index (χ3v) is 9.23. The zero-order valence-electron chi connectivity index (χ0n) is 17.2. The number of allylic oxidation sites excluding steroid dienone is 1. The molecule has 0 bridgehead atoms. The Morgan fingerprint density at radius 1 is 1.23 bits per heavy atom. The predicted molar refractivity (Wildman–Crippen MR) is 107 cm³/mol. The number of ether oxygens (including phenoxy) is 1. The van der Waals surface area contributed by atoms with E-state index in [9.17, 15) is 27.6 Å². The highest BCUT2D eigenvalue weighted by Gasteiger charge is 2.63. The van der Waals surface area contributed by atoms with Gasteiger partial charge in [-0.25, -0.2) is 8.42 Å². The van der Waals surface area contributed by atoms with Gasteiger partial charge in [-0.2, -0.15) is 4.98 Å². The van der Waals surface area contributed by atoms with Crippen LogP contribution >= 0.6 is 11.8 Å². The van der Waals surface area contributed by atoms with Gasteiger partial charge in [0, 0.05) is 19.6 Å². The van der Waals surface area contributed by atoms with Crippen LogP contribution in [0.25, 0.3) is 0 Å². The van der Waals surface area contributed by atoms with Gasteiger partial charge in [0.1, 0.15) is 4.58 Å². The number of amides is 1. The number of sulfone groups is 1. The van der Waals surface area contributed by atoms with Gasteiger partial charge in [-0.1, -0.05) is 32.5 Å². The Bertz CT molecular complexity index is 1190. The number of methoxy groups -OCH3 is 1. The van der Waals surface area contributed by atoms with Crippen molar-refractivity contribution in [2.45, 2.75) is 48.9 Å². The predicted octanol–water partition coefficient (Wildman–Crippen LogP) is -0.612. The topological polar surface area (TPSA) is 148 Å². The van der Waals surface area contributed by atoms with Crippen molar-refractivity contribution in [1.29, 1.82) is 0 Å². The number of carbonyl (C=O) groups is 2. The normalized spacial score (nSPS) is 25.7. The van der Waals surface area contributed by atoms with E-state index < -0.39 is 54.1 Å². The van der Waals surface area contributed by atoms with E-state index in [1.807, 2.05) is 0 Å². The minimum atomic E-state index is -4.07. The van der Waals surface area contributed by atoms with Crippen LogP contribution < -0.4 is 11.1 Å². The summed E-state index contributed by atoms with van der Waals surface area (Å²) in [4.78, 5) is 53.4. The largest absolute Gasteiger partial charge is 0.368 e. The second-order valence-electron chi connectivity index (χ2n) is 8.10. The molecule has 13 heteroatoms.